The van der Waals surface area contributed by atoms with Crippen LogP contribution in [0, 0.1) is 0 Å². The first kappa shape index (κ1) is 13.3. The minimum Gasteiger partial charge on any atom is -0.497 e. The highest BCUT2D eigenvalue weighted by atomic mass is 32.2. The molecule has 0 radical (unpaired) electrons. The quantitative estimate of drug-likeness (QED) is 0.933. The zero-order valence-corrected chi connectivity index (χ0v) is 12.4. The average Bonchev–Trinajstić information content (AvgIpc) is 2.46. The normalized spacial score (nSPS) is 14.4. The van der Waals surface area contributed by atoms with E-state index in [4.69, 9.17) is 4.74 Å². The molecule has 1 unspecified atom stereocenters. The van der Waals surface area contributed by atoms with Gasteiger partial charge in [0.25, 0.3) is 0 Å². The molecule has 1 heterocycles. The van der Waals surface area contributed by atoms with Crippen molar-refractivity contribution in [3.05, 3.63) is 42.5 Å². The van der Waals surface area contributed by atoms with E-state index in [1.807, 2.05) is 31.2 Å². The molecule has 1 atom stereocenters. The number of benzene rings is 2. The molecule has 0 saturated carbocycles. The molecule has 0 fully saturated rings. The van der Waals surface area contributed by atoms with E-state index in [0.717, 1.165) is 17.1 Å². The monoisotopic (exact) mass is 287 g/mol. The van der Waals surface area contributed by atoms with E-state index in [9.17, 15) is 5.11 Å². The van der Waals surface area contributed by atoms with Crippen LogP contribution in [0.1, 0.15) is 6.92 Å². The van der Waals surface area contributed by atoms with Crippen LogP contribution >= 0.6 is 11.8 Å². The van der Waals surface area contributed by atoms with Crippen LogP contribution in [0.5, 0.6) is 5.75 Å². The summed E-state index contributed by atoms with van der Waals surface area (Å²) in [5, 5.41) is 9.80. The fourth-order valence-corrected chi connectivity index (χ4v) is 3.47. The number of aliphatic hydroxyl groups excluding tert-OH is 1. The Morgan fingerprint density at radius 1 is 1.15 bits per heavy atom. The van der Waals surface area contributed by atoms with E-state index >= 15 is 0 Å². The fraction of sp³-hybridized carbons (Fsp3) is 0.250. The first-order valence-corrected chi connectivity index (χ1v) is 7.41. The van der Waals surface area contributed by atoms with Crippen molar-refractivity contribution in [2.24, 2.45) is 0 Å². The molecule has 0 saturated heterocycles. The molecular formula is C16H17NO2S. The largest absolute Gasteiger partial charge is 0.497 e. The molecule has 0 aromatic heterocycles. The first-order chi connectivity index (χ1) is 9.69. The third kappa shape index (κ3) is 2.37. The molecule has 0 spiro atoms. The average molecular weight is 287 g/mol. The summed E-state index contributed by atoms with van der Waals surface area (Å²) in [6.45, 7) is 2.38. The Labute approximate surface area is 123 Å². The molecule has 2 aromatic rings. The molecule has 1 aliphatic rings. The number of para-hydroxylation sites is 1. The highest BCUT2D eigenvalue weighted by molar-refractivity contribution is 7.99. The minimum atomic E-state index is -0.398. The number of fused-ring (bicyclic) bond motifs is 2. The number of rotatable bonds is 3. The number of anilines is 2. The molecule has 1 N–H and O–H groups in total. The summed E-state index contributed by atoms with van der Waals surface area (Å²) in [4.78, 5) is 4.56. The van der Waals surface area contributed by atoms with Gasteiger partial charge in [0, 0.05) is 22.4 Å². The molecule has 20 heavy (non-hydrogen) atoms. The maximum Gasteiger partial charge on any atom is 0.121 e. The second-order valence-corrected chi connectivity index (χ2v) is 5.95. The number of hydrogen-bond acceptors (Lipinski definition) is 4. The van der Waals surface area contributed by atoms with Crippen molar-refractivity contribution < 1.29 is 9.84 Å². The highest BCUT2D eigenvalue weighted by Gasteiger charge is 2.24. The number of ether oxygens (including phenoxy) is 1. The molecular weight excluding hydrogens is 270 g/mol. The van der Waals surface area contributed by atoms with Crippen LogP contribution < -0.4 is 9.64 Å². The number of hydrogen-bond donors (Lipinski definition) is 1. The van der Waals surface area contributed by atoms with Gasteiger partial charge in [-0.15, -0.1) is 0 Å². The molecule has 3 nitrogen and oxygen atoms in total. The van der Waals surface area contributed by atoms with Crippen molar-refractivity contribution in [2.45, 2.75) is 22.8 Å². The predicted molar refractivity (Wildman–Crippen MR) is 82.2 cm³/mol. The number of nitrogens with zero attached hydrogens (tertiary/aromatic N) is 1. The number of aliphatic hydroxyl groups is 1. The van der Waals surface area contributed by atoms with Gasteiger partial charge in [0.15, 0.2) is 0 Å². The lowest BCUT2D eigenvalue weighted by molar-refractivity contribution is 0.203. The molecule has 2 aromatic carbocycles. The van der Waals surface area contributed by atoms with Crippen molar-refractivity contribution in [1.82, 2.24) is 0 Å². The summed E-state index contributed by atoms with van der Waals surface area (Å²) in [5.74, 6) is 0.833. The van der Waals surface area contributed by atoms with Crippen molar-refractivity contribution in [3.63, 3.8) is 0 Å². The Kier molecular flexibility index (Phi) is 3.59. The zero-order valence-electron chi connectivity index (χ0n) is 11.5. The lowest BCUT2D eigenvalue weighted by Gasteiger charge is -2.33. The lowest BCUT2D eigenvalue weighted by atomic mass is 10.2. The van der Waals surface area contributed by atoms with Crippen LogP contribution in [0.25, 0.3) is 0 Å². The van der Waals surface area contributed by atoms with Gasteiger partial charge < -0.3 is 14.7 Å². The Balaban J connectivity index is 2.11. The Hall–Kier alpha value is -1.65. The summed E-state index contributed by atoms with van der Waals surface area (Å²) < 4.78 is 5.32. The summed E-state index contributed by atoms with van der Waals surface area (Å²) in [6, 6.07) is 14.3. The summed E-state index contributed by atoms with van der Waals surface area (Å²) in [7, 11) is 1.67. The molecule has 4 heteroatoms. The first-order valence-electron chi connectivity index (χ1n) is 6.59. The second kappa shape index (κ2) is 5.38. The van der Waals surface area contributed by atoms with Crippen LogP contribution in [0.2, 0.25) is 0 Å². The van der Waals surface area contributed by atoms with Gasteiger partial charge in [-0.1, -0.05) is 23.9 Å². The van der Waals surface area contributed by atoms with Crippen LogP contribution in [-0.2, 0) is 0 Å². The molecule has 1 aliphatic heterocycles. The van der Waals surface area contributed by atoms with Crippen molar-refractivity contribution in [3.8, 4) is 5.75 Å². The summed E-state index contributed by atoms with van der Waals surface area (Å²) in [6.07, 6.45) is -0.398. The van der Waals surface area contributed by atoms with E-state index in [2.05, 4.69) is 23.1 Å². The van der Waals surface area contributed by atoms with E-state index in [1.54, 1.807) is 18.9 Å². The van der Waals surface area contributed by atoms with E-state index in [0.29, 0.717) is 6.54 Å². The molecule has 3 rings (SSSR count). The fourth-order valence-electron chi connectivity index (χ4n) is 2.40. The van der Waals surface area contributed by atoms with E-state index in [1.165, 1.54) is 9.79 Å². The second-order valence-electron chi connectivity index (χ2n) is 4.86. The lowest BCUT2D eigenvalue weighted by Crippen LogP contribution is -2.28. The third-order valence-electron chi connectivity index (χ3n) is 3.28. The summed E-state index contributed by atoms with van der Waals surface area (Å²) in [5.41, 5.74) is 2.23. The van der Waals surface area contributed by atoms with E-state index < -0.39 is 6.10 Å². The number of β-amino-alcohol motifs (C(OH)–C–C–N with tert-alkyl or cyclic N) is 1. The Morgan fingerprint density at radius 3 is 2.65 bits per heavy atom. The topological polar surface area (TPSA) is 32.7 Å². The SMILES string of the molecule is COc1ccc2c(c1)N(CC(C)O)c1ccccc1S2. The van der Waals surface area contributed by atoms with Gasteiger partial charge in [-0.2, -0.15) is 0 Å². The maximum atomic E-state index is 9.80. The van der Waals surface area contributed by atoms with Gasteiger partial charge in [0.05, 0.1) is 24.6 Å². The molecule has 0 bridgehead atoms. The highest BCUT2D eigenvalue weighted by Crippen LogP contribution is 2.48. The van der Waals surface area contributed by atoms with Gasteiger partial charge in [0.1, 0.15) is 5.75 Å². The Bertz CT molecular complexity index is 628. The van der Waals surface area contributed by atoms with Crippen molar-refractivity contribution >= 4 is 23.1 Å². The zero-order chi connectivity index (χ0) is 14.1. The number of methoxy groups -OCH3 is 1. The smallest absolute Gasteiger partial charge is 0.121 e. The van der Waals surface area contributed by atoms with Crippen molar-refractivity contribution in [2.75, 3.05) is 18.6 Å². The molecule has 0 amide bonds. The predicted octanol–water partition coefficient (Wildman–Crippen LogP) is 3.68. The van der Waals surface area contributed by atoms with Crippen molar-refractivity contribution in [1.29, 1.82) is 0 Å². The van der Waals surface area contributed by atoms with Gasteiger partial charge in [-0.05, 0) is 31.2 Å². The maximum absolute atomic E-state index is 9.80. The third-order valence-corrected chi connectivity index (χ3v) is 4.41. The minimum absolute atomic E-state index is 0.398. The van der Waals surface area contributed by atoms with Crippen LogP contribution in [0.15, 0.2) is 52.3 Å². The van der Waals surface area contributed by atoms with Gasteiger partial charge in [-0.3, -0.25) is 0 Å². The van der Waals surface area contributed by atoms with E-state index in [-0.39, 0.29) is 0 Å². The molecule has 0 aliphatic carbocycles. The standard InChI is InChI=1S/C16H17NO2S/c1-11(18)10-17-13-5-3-4-6-15(13)20-16-8-7-12(19-2)9-14(16)17/h3-9,11,18H,10H2,1-2H3. The van der Waals surface area contributed by atoms with Crippen LogP contribution in [0.4, 0.5) is 11.4 Å². The van der Waals surface area contributed by atoms with Crippen LogP contribution in [-0.4, -0.2) is 24.9 Å². The van der Waals surface area contributed by atoms with Gasteiger partial charge in [-0.25, -0.2) is 0 Å². The Morgan fingerprint density at radius 2 is 1.90 bits per heavy atom. The van der Waals surface area contributed by atoms with Crippen LogP contribution in [0.3, 0.4) is 0 Å². The van der Waals surface area contributed by atoms with Gasteiger partial charge >= 0.3 is 0 Å². The molecule has 104 valence electrons. The summed E-state index contributed by atoms with van der Waals surface area (Å²) >= 11 is 1.75. The van der Waals surface area contributed by atoms with Gasteiger partial charge in [0.2, 0.25) is 0 Å².